The molecule has 3 aromatic rings. The maximum absolute atomic E-state index is 12.4. The van der Waals surface area contributed by atoms with Crippen LogP contribution in [0.4, 0.5) is 0 Å². The quantitative estimate of drug-likeness (QED) is 0.705. The van der Waals surface area contributed by atoms with Gasteiger partial charge in [-0.2, -0.15) is 0 Å². The van der Waals surface area contributed by atoms with E-state index < -0.39 is 0 Å². The van der Waals surface area contributed by atoms with Gasteiger partial charge in [-0.1, -0.05) is 19.1 Å². The van der Waals surface area contributed by atoms with Gasteiger partial charge in [-0.3, -0.25) is 4.79 Å². The summed E-state index contributed by atoms with van der Waals surface area (Å²) in [7, 11) is 0. The van der Waals surface area contributed by atoms with E-state index in [1.165, 1.54) is 11.0 Å². The number of nitrogens with zero attached hydrogens (tertiary/aromatic N) is 5. The van der Waals surface area contributed by atoms with Crippen molar-refractivity contribution in [2.24, 2.45) is 0 Å². The predicted molar refractivity (Wildman–Crippen MR) is 90.3 cm³/mol. The molecular weight excluding hydrogens is 320 g/mol. The number of aromatic nitrogens is 5. The minimum atomic E-state index is -0.194. The van der Waals surface area contributed by atoms with E-state index in [4.69, 9.17) is 4.74 Å². The van der Waals surface area contributed by atoms with Gasteiger partial charge in [0.05, 0.1) is 12.3 Å². The largest absolute Gasteiger partial charge is 0.477 e. The number of rotatable bonds is 7. The molecule has 2 aromatic heterocycles. The summed E-state index contributed by atoms with van der Waals surface area (Å²) in [5, 5.41) is 13.9. The fraction of sp³-hybridized carbons (Fsp3) is 0.235. The standard InChI is InChI=1S/C17H18N6O2/c1-2-9-25-17-14(6-4-8-18-17)11-19-16(24)13-5-3-7-15(10-13)23-12-20-21-22-23/h3-8,10,12H,2,9,11H2,1H3,(H,19,24). The average Bonchev–Trinajstić information content (AvgIpc) is 3.20. The first-order valence-electron chi connectivity index (χ1n) is 7.96. The maximum Gasteiger partial charge on any atom is 0.251 e. The van der Waals surface area contributed by atoms with Crippen molar-refractivity contribution in [1.29, 1.82) is 0 Å². The third-order valence-electron chi connectivity index (χ3n) is 3.45. The first-order valence-corrected chi connectivity index (χ1v) is 7.96. The number of tetrazole rings is 1. The minimum Gasteiger partial charge on any atom is -0.477 e. The van der Waals surface area contributed by atoms with Gasteiger partial charge in [0, 0.05) is 23.9 Å². The molecule has 0 aliphatic rings. The molecule has 0 atom stereocenters. The molecule has 3 rings (SSSR count). The van der Waals surface area contributed by atoms with Crippen LogP contribution in [0.1, 0.15) is 29.3 Å². The summed E-state index contributed by atoms with van der Waals surface area (Å²) in [6.07, 6.45) is 4.04. The van der Waals surface area contributed by atoms with E-state index in [1.807, 2.05) is 25.1 Å². The van der Waals surface area contributed by atoms with Gasteiger partial charge in [-0.25, -0.2) is 9.67 Å². The molecule has 1 aromatic carbocycles. The monoisotopic (exact) mass is 338 g/mol. The van der Waals surface area contributed by atoms with E-state index >= 15 is 0 Å². The number of carbonyl (C=O) groups is 1. The second-order valence-corrected chi connectivity index (χ2v) is 5.30. The van der Waals surface area contributed by atoms with Crippen LogP contribution in [0, 0.1) is 0 Å². The Labute approximate surface area is 144 Å². The summed E-state index contributed by atoms with van der Waals surface area (Å²) < 4.78 is 7.10. The second kappa shape index (κ2) is 8.00. The van der Waals surface area contributed by atoms with E-state index in [2.05, 4.69) is 25.8 Å². The van der Waals surface area contributed by atoms with Crippen LogP contribution in [0.3, 0.4) is 0 Å². The maximum atomic E-state index is 12.4. The zero-order chi connectivity index (χ0) is 17.5. The molecule has 0 fully saturated rings. The van der Waals surface area contributed by atoms with Gasteiger partial charge in [0.25, 0.3) is 5.91 Å². The van der Waals surface area contributed by atoms with Crippen molar-refractivity contribution in [1.82, 2.24) is 30.5 Å². The number of amides is 1. The van der Waals surface area contributed by atoms with Gasteiger partial charge in [0.1, 0.15) is 6.33 Å². The summed E-state index contributed by atoms with van der Waals surface area (Å²) in [6.45, 7) is 2.95. The molecule has 25 heavy (non-hydrogen) atoms. The Morgan fingerprint density at radius 1 is 1.28 bits per heavy atom. The van der Waals surface area contributed by atoms with E-state index in [0.717, 1.165) is 12.0 Å². The molecule has 0 spiro atoms. The Morgan fingerprint density at radius 3 is 3.00 bits per heavy atom. The Kier molecular flexibility index (Phi) is 5.30. The molecule has 0 aliphatic carbocycles. The summed E-state index contributed by atoms with van der Waals surface area (Å²) >= 11 is 0. The Hall–Kier alpha value is -3.29. The molecule has 0 aliphatic heterocycles. The summed E-state index contributed by atoms with van der Waals surface area (Å²) in [5.74, 6) is 0.354. The van der Waals surface area contributed by atoms with Crippen LogP contribution in [0.15, 0.2) is 48.9 Å². The normalized spacial score (nSPS) is 10.4. The van der Waals surface area contributed by atoms with Gasteiger partial charge in [-0.15, -0.1) is 5.10 Å². The number of ether oxygens (including phenoxy) is 1. The zero-order valence-electron chi connectivity index (χ0n) is 13.8. The average molecular weight is 338 g/mol. The molecule has 2 heterocycles. The number of hydrogen-bond donors (Lipinski definition) is 1. The molecule has 0 radical (unpaired) electrons. The van der Waals surface area contributed by atoms with Crippen LogP contribution >= 0.6 is 0 Å². The SMILES string of the molecule is CCCOc1ncccc1CNC(=O)c1cccc(-n2cnnn2)c1. The highest BCUT2D eigenvalue weighted by atomic mass is 16.5. The zero-order valence-corrected chi connectivity index (χ0v) is 13.8. The Balaban J connectivity index is 1.68. The Morgan fingerprint density at radius 2 is 2.20 bits per heavy atom. The van der Waals surface area contributed by atoms with Gasteiger partial charge in [0.2, 0.25) is 5.88 Å². The number of benzene rings is 1. The number of carbonyl (C=O) groups excluding carboxylic acids is 1. The van der Waals surface area contributed by atoms with Gasteiger partial charge in [0.15, 0.2) is 0 Å². The summed E-state index contributed by atoms with van der Waals surface area (Å²) in [5.41, 5.74) is 2.07. The van der Waals surface area contributed by atoms with E-state index in [1.54, 1.807) is 24.4 Å². The van der Waals surface area contributed by atoms with Crippen LogP contribution < -0.4 is 10.1 Å². The first-order chi connectivity index (χ1) is 12.3. The van der Waals surface area contributed by atoms with Crippen molar-refractivity contribution >= 4 is 5.91 Å². The molecule has 8 heteroatoms. The van der Waals surface area contributed by atoms with Crippen molar-refractivity contribution in [3.05, 3.63) is 60.0 Å². The van der Waals surface area contributed by atoms with Gasteiger partial charge in [-0.05, 0) is 41.1 Å². The molecule has 128 valence electrons. The van der Waals surface area contributed by atoms with Crippen LogP contribution in [0.5, 0.6) is 5.88 Å². The van der Waals surface area contributed by atoms with Gasteiger partial charge >= 0.3 is 0 Å². The molecule has 1 amide bonds. The highest BCUT2D eigenvalue weighted by Gasteiger charge is 2.10. The van der Waals surface area contributed by atoms with Gasteiger partial charge < -0.3 is 10.1 Å². The highest BCUT2D eigenvalue weighted by molar-refractivity contribution is 5.94. The van der Waals surface area contributed by atoms with Crippen molar-refractivity contribution in [3.8, 4) is 11.6 Å². The second-order valence-electron chi connectivity index (χ2n) is 5.30. The van der Waals surface area contributed by atoms with Crippen LogP contribution in [-0.2, 0) is 6.54 Å². The third-order valence-corrected chi connectivity index (χ3v) is 3.45. The number of pyridine rings is 1. The molecule has 1 N–H and O–H groups in total. The van der Waals surface area contributed by atoms with Crippen molar-refractivity contribution in [2.75, 3.05) is 6.61 Å². The fourth-order valence-corrected chi connectivity index (χ4v) is 2.23. The summed E-state index contributed by atoms with van der Waals surface area (Å²) in [6, 6.07) is 10.8. The first kappa shape index (κ1) is 16.6. The van der Waals surface area contributed by atoms with E-state index in [-0.39, 0.29) is 5.91 Å². The van der Waals surface area contributed by atoms with E-state index in [9.17, 15) is 4.79 Å². The number of hydrogen-bond acceptors (Lipinski definition) is 6. The minimum absolute atomic E-state index is 0.194. The highest BCUT2D eigenvalue weighted by Crippen LogP contribution is 2.15. The van der Waals surface area contributed by atoms with Crippen LogP contribution in [0.25, 0.3) is 5.69 Å². The lowest BCUT2D eigenvalue weighted by atomic mass is 10.2. The lowest BCUT2D eigenvalue weighted by molar-refractivity contribution is 0.0950. The lowest BCUT2D eigenvalue weighted by Crippen LogP contribution is -2.23. The summed E-state index contributed by atoms with van der Waals surface area (Å²) in [4.78, 5) is 16.6. The smallest absolute Gasteiger partial charge is 0.251 e. The fourth-order valence-electron chi connectivity index (χ4n) is 2.23. The van der Waals surface area contributed by atoms with Crippen LogP contribution in [0.2, 0.25) is 0 Å². The topological polar surface area (TPSA) is 94.8 Å². The molecule has 0 saturated carbocycles. The third kappa shape index (κ3) is 4.17. The van der Waals surface area contributed by atoms with E-state index in [0.29, 0.717) is 30.3 Å². The molecule has 0 bridgehead atoms. The van der Waals surface area contributed by atoms with Crippen molar-refractivity contribution < 1.29 is 9.53 Å². The molecule has 0 saturated heterocycles. The van der Waals surface area contributed by atoms with Crippen LogP contribution in [-0.4, -0.2) is 37.7 Å². The molecular formula is C17H18N6O2. The predicted octanol–water partition coefficient (Wildman–Crippen LogP) is 1.78. The Bertz CT molecular complexity index is 835. The van der Waals surface area contributed by atoms with Crippen molar-refractivity contribution in [3.63, 3.8) is 0 Å². The molecule has 8 nitrogen and oxygen atoms in total. The lowest BCUT2D eigenvalue weighted by Gasteiger charge is -2.11. The molecule has 0 unspecified atom stereocenters. The van der Waals surface area contributed by atoms with Crippen molar-refractivity contribution in [2.45, 2.75) is 19.9 Å². The number of nitrogens with one attached hydrogen (secondary N) is 1.